The number of anilines is 1. The molecule has 94 valence electrons. The molecule has 0 bridgehead atoms. The monoisotopic (exact) mass is 271 g/mol. The zero-order valence-electron chi connectivity index (χ0n) is 9.91. The third-order valence-electron chi connectivity index (χ3n) is 3.95. The second-order valence-corrected chi connectivity index (χ2v) is 6.45. The first kappa shape index (κ1) is 11.7. The van der Waals surface area contributed by atoms with Gasteiger partial charge in [0.1, 0.15) is 5.82 Å². The van der Waals surface area contributed by atoms with Gasteiger partial charge in [0.2, 0.25) is 5.13 Å². The Morgan fingerprint density at radius 3 is 2.76 bits per heavy atom. The summed E-state index contributed by atoms with van der Waals surface area (Å²) in [6, 6.07) is 0. The van der Waals surface area contributed by atoms with Crippen LogP contribution in [0.25, 0.3) is 0 Å². The van der Waals surface area contributed by atoms with Crippen molar-refractivity contribution in [3.63, 3.8) is 0 Å². The van der Waals surface area contributed by atoms with E-state index < -0.39 is 0 Å². The van der Waals surface area contributed by atoms with E-state index in [1.54, 1.807) is 0 Å². The smallest absolute Gasteiger partial charge is 0.202 e. The molecule has 1 heterocycles. The van der Waals surface area contributed by atoms with Gasteiger partial charge in [0.25, 0.3) is 0 Å². The summed E-state index contributed by atoms with van der Waals surface area (Å²) in [6.45, 7) is 0.954. The van der Waals surface area contributed by atoms with E-state index >= 15 is 0 Å². The van der Waals surface area contributed by atoms with E-state index in [2.05, 4.69) is 14.7 Å². The first-order valence-electron chi connectivity index (χ1n) is 6.45. The van der Waals surface area contributed by atoms with Crippen LogP contribution in [0, 0.1) is 5.41 Å². The zero-order valence-corrected chi connectivity index (χ0v) is 11.5. The number of hydrogen-bond acceptors (Lipinski definition) is 4. The SMILES string of the molecule is ClCC1(CNc2nc(C3CC3)ns2)CCCC1. The second kappa shape index (κ2) is 4.73. The van der Waals surface area contributed by atoms with Crippen LogP contribution in [0.4, 0.5) is 5.13 Å². The van der Waals surface area contributed by atoms with Crippen molar-refractivity contribution in [2.24, 2.45) is 5.41 Å². The van der Waals surface area contributed by atoms with Crippen LogP contribution in [0.3, 0.4) is 0 Å². The Bertz CT molecular complexity index is 383. The maximum Gasteiger partial charge on any atom is 0.202 e. The molecule has 5 heteroatoms. The minimum atomic E-state index is 0.299. The molecular formula is C12H18ClN3S. The van der Waals surface area contributed by atoms with Gasteiger partial charge in [-0.15, -0.1) is 11.6 Å². The highest BCUT2D eigenvalue weighted by Crippen LogP contribution is 2.41. The average Bonchev–Trinajstić information content (AvgIpc) is 2.94. The molecule has 0 aliphatic heterocycles. The van der Waals surface area contributed by atoms with Gasteiger partial charge in [-0.05, 0) is 25.7 Å². The molecule has 0 aromatic carbocycles. The molecule has 2 saturated carbocycles. The van der Waals surface area contributed by atoms with Crippen molar-refractivity contribution in [3.05, 3.63) is 5.82 Å². The summed E-state index contributed by atoms with van der Waals surface area (Å²) < 4.78 is 4.41. The summed E-state index contributed by atoms with van der Waals surface area (Å²) in [5.41, 5.74) is 0.299. The van der Waals surface area contributed by atoms with Gasteiger partial charge in [0, 0.05) is 35.3 Å². The lowest BCUT2D eigenvalue weighted by molar-refractivity contribution is 0.368. The van der Waals surface area contributed by atoms with Crippen molar-refractivity contribution in [3.8, 4) is 0 Å². The lowest BCUT2D eigenvalue weighted by Gasteiger charge is -2.26. The molecule has 0 unspecified atom stereocenters. The fraction of sp³-hybridized carbons (Fsp3) is 0.833. The highest BCUT2D eigenvalue weighted by atomic mass is 35.5. The summed E-state index contributed by atoms with van der Waals surface area (Å²) in [5, 5.41) is 4.42. The third kappa shape index (κ3) is 2.58. The van der Waals surface area contributed by atoms with Crippen LogP contribution in [0.15, 0.2) is 0 Å². The van der Waals surface area contributed by atoms with E-state index in [9.17, 15) is 0 Å². The molecule has 3 nitrogen and oxygen atoms in total. The van der Waals surface area contributed by atoms with Crippen LogP contribution in [-0.4, -0.2) is 21.8 Å². The molecule has 0 spiro atoms. The number of hydrogen-bond donors (Lipinski definition) is 1. The Labute approximate surface area is 111 Å². The number of halogens is 1. The van der Waals surface area contributed by atoms with Crippen LogP contribution in [0.5, 0.6) is 0 Å². The van der Waals surface area contributed by atoms with Crippen LogP contribution in [0.2, 0.25) is 0 Å². The van der Waals surface area contributed by atoms with Crippen molar-refractivity contribution in [2.75, 3.05) is 17.7 Å². The molecular weight excluding hydrogens is 254 g/mol. The van der Waals surface area contributed by atoms with Crippen LogP contribution < -0.4 is 5.32 Å². The van der Waals surface area contributed by atoms with Crippen LogP contribution >= 0.6 is 23.1 Å². The molecule has 0 radical (unpaired) electrons. The molecule has 3 rings (SSSR count). The highest BCUT2D eigenvalue weighted by Gasteiger charge is 2.33. The number of nitrogens with one attached hydrogen (secondary N) is 1. The Morgan fingerprint density at radius 1 is 1.35 bits per heavy atom. The van der Waals surface area contributed by atoms with E-state index in [0.29, 0.717) is 11.3 Å². The lowest BCUT2D eigenvalue weighted by Crippen LogP contribution is -2.28. The van der Waals surface area contributed by atoms with Crippen molar-refractivity contribution >= 4 is 28.3 Å². The standard InChI is InChI=1S/C12H18ClN3S/c13-7-12(5-1-2-6-12)8-14-11-15-10(16-17-11)9-3-4-9/h9H,1-8H2,(H,14,15,16). The average molecular weight is 272 g/mol. The van der Waals surface area contributed by atoms with Gasteiger partial charge in [-0.2, -0.15) is 4.37 Å². The van der Waals surface area contributed by atoms with E-state index in [1.807, 2.05) is 0 Å². The van der Waals surface area contributed by atoms with E-state index in [0.717, 1.165) is 23.4 Å². The first-order chi connectivity index (χ1) is 8.31. The van der Waals surface area contributed by atoms with Crippen molar-refractivity contribution in [1.82, 2.24) is 9.36 Å². The van der Waals surface area contributed by atoms with Crippen LogP contribution in [-0.2, 0) is 0 Å². The molecule has 1 aromatic heterocycles. The van der Waals surface area contributed by atoms with Gasteiger partial charge < -0.3 is 5.32 Å². The van der Waals surface area contributed by atoms with Gasteiger partial charge in [-0.3, -0.25) is 0 Å². The molecule has 2 fully saturated rings. The fourth-order valence-corrected chi connectivity index (χ4v) is 3.56. The topological polar surface area (TPSA) is 37.8 Å². The molecule has 0 saturated heterocycles. The minimum absolute atomic E-state index is 0.299. The van der Waals surface area contributed by atoms with Gasteiger partial charge >= 0.3 is 0 Å². The molecule has 2 aliphatic carbocycles. The van der Waals surface area contributed by atoms with Gasteiger partial charge in [0.05, 0.1) is 0 Å². The molecule has 17 heavy (non-hydrogen) atoms. The Kier molecular flexibility index (Phi) is 3.26. The zero-order chi connectivity index (χ0) is 11.7. The number of alkyl halides is 1. The summed E-state index contributed by atoms with van der Waals surface area (Å²) in [5.74, 6) is 2.45. The van der Waals surface area contributed by atoms with Crippen LogP contribution in [0.1, 0.15) is 50.3 Å². The Hall–Kier alpha value is -0.350. The summed E-state index contributed by atoms with van der Waals surface area (Å²) in [6.07, 6.45) is 7.66. The van der Waals surface area contributed by atoms with Gasteiger partial charge in [0.15, 0.2) is 0 Å². The maximum atomic E-state index is 6.12. The first-order valence-corrected chi connectivity index (χ1v) is 7.76. The number of nitrogens with zero attached hydrogens (tertiary/aromatic N) is 2. The Morgan fingerprint density at radius 2 is 2.12 bits per heavy atom. The normalized spacial score (nSPS) is 22.9. The van der Waals surface area contributed by atoms with Crippen molar-refractivity contribution in [2.45, 2.75) is 44.4 Å². The summed E-state index contributed by atoms with van der Waals surface area (Å²) in [4.78, 5) is 4.55. The van der Waals surface area contributed by atoms with E-state index in [1.165, 1.54) is 50.1 Å². The highest BCUT2D eigenvalue weighted by molar-refractivity contribution is 7.09. The third-order valence-corrected chi connectivity index (χ3v) is 5.20. The second-order valence-electron chi connectivity index (χ2n) is 5.43. The maximum absolute atomic E-state index is 6.12. The minimum Gasteiger partial charge on any atom is -0.360 e. The summed E-state index contributed by atoms with van der Waals surface area (Å²) in [7, 11) is 0. The largest absolute Gasteiger partial charge is 0.360 e. The molecule has 1 aromatic rings. The summed E-state index contributed by atoms with van der Waals surface area (Å²) >= 11 is 7.62. The predicted molar refractivity (Wildman–Crippen MR) is 72.0 cm³/mol. The number of rotatable bonds is 5. The predicted octanol–water partition coefficient (Wildman–Crippen LogP) is 3.63. The van der Waals surface area contributed by atoms with Crippen molar-refractivity contribution < 1.29 is 0 Å². The lowest BCUT2D eigenvalue weighted by atomic mass is 9.89. The van der Waals surface area contributed by atoms with Gasteiger partial charge in [-0.1, -0.05) is 12.8 Å². The fourth-order valence-electron chi connectivity index (χ4n) is 2.56. The van der Waals surface area contributed by atoms with E-state index in [-0.39, 0.29) is 0 Å². The molecule has 1 N–H and O–H groups in total. The molecule has 2 aliphatic rings. The molecule has 0 atom stereocenters. The molecule has 0 amide bonds. The van der Waals surface area contributed by atoms with Crippen molar-refractivity contribution in [1.29, 1.82) is 0 Å². The number of aromatic nitrogens is 2. The quantitative estimate of drug-likeness (QED) is 0.831. The van der Waals surface area contributed by atoms with E-state index in [4.69, 9.17) is 11.6 Å². The van der Waals surface area contributed by atoms with Gasteiger partial charge in [-0.25, -0.2) is 4.98 Å². The Balaban J connectivity index is 1.58.